The Bertz CT molecular complexity index is 1510. The summed E-state index contributed by atoms with van der Waals surface area (Å²) in [5, 5.41) is 27.5. The number of rotatable bonds is 7. The number of carboxylic acid groups (broad SMARTS) is 1. The average Bonchev–Trinajstić information content (AvgIpc) is 3.41. The predicted molar refractivity (Wildman–Crippen MR) is 152 cm³/mol. The summed E-state index contributed by atoms with van der Waals surface area (Å²) >= 11 is 0. The molecule has 1 aromatic heterocycles. The van der Waals surface area contributed by atoms with Gasteiger partial charge in [0.2, 0.25) is 0 Å². The number of morpholine rings is 1. The molecule has 2 aliphatic heterocycles. The lowest BCUT2D eigenvalue weighted by Gasteiger charge is -2.28. The van der Waals surface area contributed by atoms with E-state index in [0.717, 1.165) is 6.54 Å². The first kappa shape index (κ1) is 31.9. The van der Waals surface area contributed by atoms with Crippen molar-refractivity contribution in [2.75, 3.05) is 61.1 Å². The fourth-order valence-electron chi connectivity index (χ4n) is 4.35. The number of aliphatic carboxylic acids is 1. The van der Waals surface area contributed by atoms with Crippen molar-refractivity contribution in [3.05, 3.63) is 59.7 Å². The average molecular weight is 624 g/mol. The van der Waals surface area contributed by atoms with Crippen molar-refractivity contribution < 1.29 is 36.4 Å². The standard InChI is InChI=1S/C25H26F2N6O2S.C2H3F2NO2/c26-21-11-17(1-2-18(21)14-28)24-13-25(30-16-20-15-29-5-8-35-20)31-33(24)23-4-3-19(12-22(23)27)32-6-9-36(34)10-7-32;3-2(4,5)1(6)7/h1-4,11-13,20,29H,5-10,15-16H2,(H,30,31);5H2,(H,6,7). The maximum absolute atomic E-state index is 15.4. The Morgan fingerprint density at radius 1 is 1.21 bits per heavy atom. The summed E-state index contributed by atoms with van der Waals surface area (Å²) in [7, 11) is -0.825. The summed E-state index contributed by atoms with van der Waals surface area (Å²) in [6.45, 7) is 3.86. The third-order valence-corrected chi connectivity index (χ3v) is 7.87. The van der Waals surface area contributed by atoms with Crippen LogP contribution in [0.5, 0.6) is 0 Å². The number of carboxylic acids is 1. The van der Waals surface area contributed by atoms with Crippen LogP contribution in [0.15, 0.2) is 42.5 Å². The maximum Gasteiger partial charge on any atom is 0.397 e. The number of hydrogen-bond donors (Lipinski definition) is 4. The zero-order chi connectivity index (χ0) is 31.1. The summed E-state index contributed by atoms with van der Waals surface area (Å²) < 4.78 is 70.8. The van der Waals surface area contributed by atoms with Crippen molar-refractivity contribution in [1.29, 1.82) is 5.26 Å². The molecule has 5 N–H and O–H groups in total. The smallest absolute Gasteiger partial charge is 0.397 e. The van der Waals surface area contributed by atoms with Crippen LogP contribution in [-0.4, -0.2) is 88.1 Å². The first-order valence-corrected chi connectivity index (χ1v) is 14.6. The normalized spacial score (nSPS) is 17.5. The molecule has 0 spiro atoms. The number of nitrogens with one attached hydrogen (secondary N) is 2. The van der Waals surface area contributed by atoms with E-state index in [2.05, 4.69) is 21.5 Å². The van der Waals surface area contributed by atoms with Crippen LogP contribution in [0.4, 0.5) is 29.1 Å². The number of aromatic nitrogens is 2. The minimum Gasteiger partial charge on any atom is -0.476 e. The van der Waals surface area contributed by atoms with E-state index in [0.29, 0.717) is 67.1 Å². The van der Waals surface area contributed by atoms with Crippen LogP contribution >= 0.6 is 0 Å². The second-order valence-electron chi connectivity index (χ2n) is 9.61. The van der Waals surface area contributed by atoms with Crippen LogP contribution < -0.4 is 21.3 Å². The van der Waals surface area contributed by atoms with E-state index in [1.54, 1.807) is 18.2 Å². The van der Waals surface area contributed by atoms with E-state index in [1.165, 1.54) is 22.9 Å². The SMILES string of the molecule is N#Cc1ccc(-c2cc(NCC3CNCCO3)nn2-c2ccc(N3CCS(=O)CC3)cc2F)cc1F.NC(F)(F)C(=O)O. The molecule has 5 rings (SSSR count). The molecule has 1 atom stereocenters. The van der Waals surface area contributed by atoms with Crippen molar-refractivity contribution >= 4 is 28.3 Å². The van der Waals surface area contributed by atoms with Gasteiger partial charge in [-0.1, -0.05) is 6.07 Å². The van der Waals surface area contributed by atoms with E-state index in [9.17, 15) is 17.4 Å². The summed E-state index contributed by atoms with van der Waals surface area (Å²) in [5.74, 6) is -1.84. The van der Waals surface area contributed by atoms with Gasteiger partial charge in [0, 0.05) is 72.3 Å². The third kappa shape index (κ3) is 8.29. The number of nitrogens with two attached hydrogens (primary N) is 1. The van der Waals surface area contributed by atoms with Crippen molar-refractivity contribution in [3.8, 4) is 23.0 Å². The van der Waals surface area contributed by atoms with Gasteiger partial charge in [-0.3, -0.25) is 9.94 Å². The van der Waals surface area contributed by atoms with Crippen molar-refractivity contribution in [1.82, 2.24) is 15.1 Å². The molecule has 1 unspecified atom stereocenters. The lowest BCUT2D eigenvalue weighted by atomic mass is 10.1. The summed E-state index contributed by atoms with van der Waals surface area (Å²) in [4.78, 5) is 11.2. The Labute approximate surface area is 246 Å². The molecule has 2 saturated heterocycles. The highest BCUT2D eigenvalue weighted by Crippen LogP contribution is 2.30. The van der Waals surface area contributed by atoms with E-state index < -0.39 is 34.4 Å². The largest absolute Gasteiger partial charge is 0.476 e. The molecule has 230 valence electrons. The molecule has 2 aliphatic rings. The topological polar surface area (TPSA) is 159 Å². The molecule has 0 bridgehead atoms. The molecule has 0 radical (unpaired) electrons. The van der Waals surface area contributed by atoms with Gasteiger partial charge in [0.25, 0.3) is 0 Å². The van der Waals surface area contributed by atoms with Crippen molar-refractivity contribution in [2.24, 2.45) is 5.73 Å². The van der Waals surface area contributed by atoms with Gasteiger partial charge in [0.1, 0.15) is 23.4 Å². The van der Waals surface area contributed by atoms with Gasteiger partial charge in [-0.25, -0.2) is 18.3 Å². The molecule has 2 aromatic carbocycles. The van der Waals surface area contributed by atoms with Gasteiger partial charge < -0.3 is 25.4 Å². The fourth-order valence-corrected chi connectivity index (χ4v) is 5.40. The minimum atomic E-state index is -4.08. The summed E-state index contributed by atoms with van der Waals surface area (Å²) in [6, 6.07) is 8.64. The van der Waals surface area contributed by atoms with Crippen LogP contribution in [0.2, 0.25) is 0 Å². The maximum atomic E-state index is 15.4. The van der Waals surface area contributed by atoms with E-state index >= 15 is 4.39 Å². The zero-order valence-electron chi connectivity index (χ0n) is 22.7. The Morgan fingerprint density at radius 3 is 2.51 bits per heavy atom. The Kier molecular flexibility index (Phi) is 10.3. The van der Waals surface area contributed by atoms with E-state index in [-0.39, 0.29) is 17.4 Å². The Balaban J connectivity index is 0.000000541. The van der Waals surface area contributed by atoms with Crippen LogP contribution in [0.1, 0.15) is 5.56 Å². The van der Waals surface area contributed by atoms with Crippen LogP contribution in [0.25, 0.3) is 16.9 Å². The molecule has 43 heavy (non-hydrogen) atoms. The number of halogens is 4. The number of hydrogen-bond acceptors (Lipinski definition) is 9. The molecule has 3 aromatic rings. The molecular weight excluding hydrogens is 594 g/mol. The molecule has 16 heteroatoms. The zero-order valence-corrected chi connectivity index (χ0v) is 23.6. The van der Waals surface area contributed by atoms with E-state index in [4.69, 9.17) is 19.9 Å². The van der Waals surface area contributed by atoms with Gasteiger partial charge in [-0.15, -0.1) is 5.10 Å². The molecule has 11 nitrogen and oxygen atoms in total. The Hall–Kier alpha value is -4.04. The van der Waals surface area contributed by atoms with Gasteiger partial charge in [-0.2, -0.15) is 14.0 Å². The number of nitrogens with zero attached hydrogens (tertiary/aromatic N) is 4. The predicted octanol–water partition coefficient (Wildman–Crippen LogP) is 2.28. The van der Waals surface area contributed by atoms with Crippen LogP contribution in [-0.2, 0) is 20.3 Å². The molecule has 0 aliphatic carbocycles. The first-order valence-electron chi connectivity index (χ1n) is 13.1. The number of alkyl halides is 2. The molecule has 3 heterocycles. The van der Waals surface area contributed by atoms with Crippen molar-refractivity contribution in [2.45, 2.75) is 12.2 Å². The second kappa shape index (κ2) is 14.0. The van der Waals surface area contributed by atoms with Gasteiger partial charge >= 0.3 is 12.0 Å². The van der Waals surface area contributed by atoms with E-state index in [1.807, 2.05) is 17.0 Å². The summed E-state index contributed by atoms with van der Waals surface area (Å²) in [5.41, 5.74) is 5.54. The summed E-state index contributed by atoms with van der Waals surface area (Å²) in [6.07, 6.45) is -0.0328. The Morgan fingerprint density at radius 2 is 1.93 bits per heavy atom. The third-order valence-electron chi connectivity index (χ3n) is 6.60. The molecule has 0 amide bonds. The lowest BCUT2D eigenvalue weighted by Crippen LogP contribution is -2.42. The molecular formula is C27H29F4N7O4S. The quantitative estimate of drug-likeness (QED) is 0.227. The number of carbonyl (C=O) groups is 1. The van der Waals surface area contributed by atoms with Gasteiger partial charge in [-0.05, 0) is 30.3 Å². The second-order valence-corrected chi connectivity index (χ2v) is 11.3. The first-order chi connectivity index (χ1) is 20.5. The highest BCUT2D eigenvalue weighted by Gasteiger charge is 2.32. The highest BCUT2D eigenvalue weighted by atomic mass is 32.2. The monoisotopic (exact) mass is 623 g/mol. The molecule has 2 fully saturated rings. The number of nitriles is 1. The molecule has 0 saturated carbocycles. The number of benzene rings is 2. The fraction of sp³-hybridized carbons (Fsp3) is 0.370. The lowest BCUT2D eigenvalue weighted by molar-refractivity contribution is -0.163. The van der Waals surface area contributed by atoms with Crippen molar-refractivity contribution in [3.63, 3.8) is 0 Å². The van der Waals surface area contributed by atoms with Gasteiger partial charge in [0.05, 0.1) is 24.0 Å². The van der Waals surface area contributed by atoms with Crippen LogP contribution in [0.3, 0.4) is 0 Å². The van der Waals surface area contributed by atoms with Crippen LogP contribution in [0, 0.1) is 23.0 Å². The highest BCUT2D eigenvalue weighted by molar-refractivity contribution is 7.85. The minimum absolute atomic E-state index is 0.0328. The number of ether oxygens (including phenoxy) is 1. The van der Waals surface area contributed by atoms with Gasteiger partial charge in [0.15, 0.2) is 5.82 Å². The number of anilines is 2.